The Morgan fingerprint density at radius 1 is 1.20 bits per heavy atom. The number of nitrogens with zero attached hydrogens (tertiary/aromatic N) is 3. The summed E-state index contributed by atoms with van der Waals surface area (Å²) < 4.78 is 0. The van der Waals surface area contributed by atoms with Crippen LogP contribution in [0.1, 0.15) is 31.1 Å². The first-order valence-corrected chi connectivity index (χ1v) is 8.05. The maximum Gasteiger partial charge on any atom is 0.234 e. The van der Waals surface area contributed by atoms with Crippen molar-refractivity contribution in [1.82, 2.24) is 20.2 Å². The zero-order valence-corrected chi connectivity index (χ0v) is 14.7. The van der Waals surface area contributed by atoms with E-state index in [1.54, 1.807) is 6.20 Å². The minimum Gasteiger partial charge on any atom is -0.351 e. The average Bonchev–Trinajstić information content (AvgIpc) is 2.60. The van der Waals surface area contributed by atoms with Gasteiger partial charge in [0.25, 0.3) is 0 Å². The lowest BCUT2D eigenvalue weighted by molar-refractivity contribution is -0.122. The van der Waals surface area contributed by atoms with Crippen LogP contribution in [0.3, 0.4) is 0 Å². The van der Waals surface area contributed by atoms with Crippen molar-refractivity contribution in [3.8, 4) is 0 Å². The van der Waals surface area contributed by atoms with Crippen LogP contribution in [0.2, 0.25) is 0 Å². The zero-order chi connectivity index (χ0) is 18.2. The molecule has 2 rings (SSSR count). The van der Waals surface area contributed by atoms with Gasteiger partial charge in [-0.2, -0.15) is 0 Å². The Labute approximate surface area is 147 Å². The summed E-state index contributed by atoms with van der Waals surface area (Å²) in [6.07, 6.45) is 3.20. The number of rotatable bonds is 7. The lowest BCUT2D eigenvalue weighted by Crippen LogP contribution is -2.36. The minimum absolute atomic E-state index is 0.0192. The van der Waals surface area contributed by atoms with E-state index in [9.17, 15) is 9.59 Å². The maximum atomic E-state index is 12.1. The van der Waals surface area contributed by atoms with Gasteiger partial charge in [0.05, 0.1) is 12.2 Å². The lowest BCUT2D eigenvalue weighted by Gasteiger charge is -2.23. The average molecular weight is 341 g/mol. The monoisotopic (exact) mass is 341 g/mol. The summed E-state index contributed by atoms with van der Waals surface area (Å²) >= 11 is 0. The van der Waals surface area contributed by atoms with Gasteiger partial charge in [0.2, 0.25) is 11.8 Å². The van der Waals surface area contributed by atoms with Crippen molar-refractivity contribution in [1.29, 1.82) is 0 Å². The highest BCUT2D eigenvalue weighted by Gasteiger charge is 2.15. The number of nitrogens with one attached hydrogen (secondary N) is 2. The van der Waals surface area contributed by atoms with Crippen LogP contribution in [0, 0.1) is 0 Å². The minimum atomic E-state index is -0.109. The molecule has 0 fully saturated rings. The largest absolute Gasteiger partial charge is 0.351 e. The third-order valence-corrected chi connectivity index (χ3v) is 3.85. The van der Waals surface area contributed by atoms with Crippen LogP contribution in [0.15, 0.2) is 42.9 Å². The molecule has 0 saturated heterocycles. The first-order valence-electron chi connectivity index (χ1n) is 8.05. The molecule has 0 aliphatic rings. The Hall–Kier alpha value is -2.80. The molecular formula is C18H23N5O2. The smallest absolute Gasteiger partial charge is 0.234 e. The fraction of sp³-hybridized carbons (Fsp3) is 0.333. The molecule has 2 N–H and O–H groups in total. The molecule has 0 saturated carbocycles. The fourth-order valence-electron chi connectivity index (χ4n) is 2.30. The second-order valence-electron chi connectivity index (χ2n) is 5.88. The van der Waals surface area contributed by atoms with Gasteiger partial charge in [-0.15, -0.1) is 0 Å². The van der Waals surface area contributed by atoms with E-state index < -0.39 is 0 Å². The molecule has 2 aromatic rings. The van der Waals surface area contributed by atoms with Crippen molar-refractivity contribution in [3.05, 3.63) is 54.1 Å². The molecule has 25 heavy (non-hydrogen) atoms. The molecule has 1 aromatic carbocycles. The Morgan fingerprint density at radius 2 is 1.92 bits per heavy atom. The number of anilines is 1. The predicted octanol–water partition coefficient (Wildman–Crippen LogP) is 1.74. The number of benzene rings is 1. The van der Waals surface area contributed by atoms with Gasteiger partial charge in [0.15, 0.2) is 0 Å². The Bertz CT molecular complexity index is 703. The first kappa shape index (κ1) is 18.5. The van der Waals surface area contributed by atoms with Crippen LogP contribution in [0.25, 0.3) is 0 Å². The highest BCUT2D eigenvalue weighted by atomic mass is 16.2. The summed E-state index contributed by atoms with van der Waals surface area (Å²) in [6.45, 7) is 4.17. The summed E-state index contributed by atoms with van der Waals surface area (Å²) in [4.78, 5) is 33.2. The SMILES string of the molecule is CC(=O)Nc1ccc(CNC(=O)CN(C)[C@H](C)c2ccncn2)cc1. The molecule has 0 radical (unpaired) electrons. The van der Waals surface area contributed by atoms with E-state index in [1.807, 2.05) is 49.2 Å². The Balaban J connectivity index is 1.81. The van der Waals surface area contributed by atoms with E-state index in [2.05, 4.69) is 20.6 Å². The van der Waals surface area contributed by atoms with Gasteiger partial charge in [0, 0.05) is 31.4 Å². The van der Waals surface area contributed by atoms with Gasteiger partial charge in [-0.25, -0.2) is 9.97 Å². The van der Waals surface area contributed by atoms with Crippen molar-refractivity contribution >= 4 is 17.5 Å². The zero-order valence-electron chi connectivity index (χ0n) is 14.7. The molecule has 0 aliphatic carbocycles. The number of likely N-dealkylation sites (N-methyl/N-ethyl adjacent to an activating group) is 1. The normalized spacial score (nSPS) is 11.8. The molecule has 0 spiro atoms. The van der Waals surface area contributed by atoms with Crippen molar-refractivity contribution in [2.24, 2.45) is 0 Å². The number of hydrogen-bond acceptors (Lipinski definition) is 5. The van der Waals surface area contributed by atoms with Gasteiger partial charge in [-0.1, -0.05) is 12.1 Å². The molecule has 132 valence electrons. The highest BCUT2D eigenvalue weighted by molar-refractivity contribution is 5.88. The molecule has 1 heterocycles. The van der Waals surface area contributed by atoms with Crippen molar-refractivity contribution < 1.29 is 9.59 Å². The lowest BCUT2D eigenvalue weighted by atomic mass is 10.2. The van der Waals surface area contributed by atoms with E-state index in [4.69, 9.17) is 0 Å². The topological polar surface area (TPSA) is 87.2 Å². The maximum absolute atomic E-state index is 12.1. The summed E-state index contributed by atoms with van der Waals surface area (Å²) in [7, 11) is 1.88. The molecule has 1 atom stereocenters. The van der Waals surface area contributed by atoms with Gasteiger partial charge in [-0.05, 0) is 37.7 Å². The van der Waals surface area contributed by atoms with Gasteiger partial charge >= 0.3 is 0 Å². The van der Waals surface area contributed by atoms with E-state index in [0.717, 1.165) is 16.9 Å². The van der Waals surface area contributed by atoms with Gasteiger partial charge < -0.3 is 10.6 Å². The van der Waals surface area contributed by atoms with Crippen LogP contribution in [-0.4, -0.2) is 40.3 Å². The Morgan fingerprint density at radius 3 is 2.52 bits per heavy atom. The van der Waals surface area contributed by atoms with E-state index in [0.29, 0.717) is 6.54 Å². The van der Waals surface area contributed by atoms with Crippen molar-refractivity contribution in [3.63, 3.8) is 0 Å². The summed E-state index contributed by atoms with van der Waals surface area (Å²) in [6, 6.07) is 9.23. The molecule has 1 aromatic heterocycles. The molecular weight excluding hydrogens is 318 g/mol. The third kappa shape index (κ3) is 5.96. The van der Waals surface area contributed by atoms with Crippen LogP contribution >= 0.6 is 0 Å². The quantitative estimate of drug-likeness (QED) is 0.801. The van der Waals surface area contributed by atoms with Gasteiger partial charge in [0.1, 0.15) is 6.33 Å². The molecule has 7 nitrogen and oxygen atoms in total. The van der Waals surface area contributed by atoms with E-state index in [1.165, 1.54) is 13.3 Å². The van der Waals surface area contributed by atoms with Crippen LogP contribution in [0.5, 0.6) is 0 Å². The number of aromatic nitrogens is 2. The molecule has 0 unspecified atom stereocenters. The van der Waals surface area contributed by atoms with E-state index >= 15 is 0 Å². The molecule has 7 heteroatoms. The molecule has 0 aliphatic heterocycles. The number of hydrogen-bond donors (Lipinski definition) is 2. The number of amides is 2. The molecule has 2 amide bonds. The van der Waals surface area contributed by atoms with Crippen molar-refractivity contribution in [2.75, 3.05) is 18.9 Å². The molecule has 0 bridgehead atoms. The number of carbonyl (C=O) groups excluding carboxylic acids is 2. The summed E-state index contributed by atoms with van der Waals surface area (Å²) in [5.74, 6) is -0.170. The summed E-state index contributed by atoms with van der Waals surface area (Å²) in [5, 5.41) is 5.60. The second-order valence-corrected chi connectivity index (χ2v) is 5.88. The van der Waals surface area contributed by atoms with Crippen LogP contribution in [-0.2, 0) is 16.1 Å². The summed E-state index contributed by atoms with van der Waals surface area (Å²) in [5.41, 5.74) is 2.58. The predicted molar refractivity (Wildman–Crippen MR) is 95.7 cm³/mol. The second kappa shape index (κ2) is 8.89. The standard InChI is InChI=1S/C18H23N5O2/c1-13(17-8-9-19-12-21-17)23(3)11-18(25)20-10-15-4-6-16(7-5-15)22-14(2)24/h4-9,12-13H,10-11H2,1-3H3,(H,20,25)(H,22,24)/t13-/m1/s1. The van der Waals surface area contributed by atoms with Crippen molar-refractivity contribution in [2.45, 2.75) is 26.4 Å². The van der Waals surface area contributed by atoms with Crippen LogP contribution < -0.4 is 10.6 Å². The number of carbonyl (C=O) groups is 2. The third-order valence-electron chi connectivity index (χ3n) is 3.85. The van der Waals surface area contributed by atoms with Crippen LogP contribution in [0.4, 0.5) is 5.69 Å². The van der Waals surface area contributed by atoms with E-state index in [-0.39, 0.29) is 24.4 Å². The fourth-order valence-corrected chi connectivity index (χ4v) is 2.30. The Kier molecular flexibility index (Phi) is 6.59. The first-order chi connectivity index (χ1) is 12.0. The van der Waals surface area contributed by atoms with Gasteiger partial charge in [-0.3, -0.25) is 14.5 Å². The highest BCUT2D eigenvalue weighted by Crippen LogP contribution is 2.14.